The molecule has 100 valence electrons. The van der Waals surface area contributed by atoms with Crippen LogP contribution in [-0.2, 0) is 9.47 Å². The van der Waals surface area contributed by atoms with Gasteiger partial charge in [-0.2, -0.15) is 0 Å². The lowest BCUT2D eigenvalue weighted by atomic mass is 10.0. The molecule has 5 nitrogen and oxygen atoms in total. The molecule has 1 aliphatic heterocycles. The molecule has 2 atom stereocenters. The van der Waals surface area contributed by atoms with Gasteiger partial charge in [-0.15, -0.1) is 0 Å². The first-order valence-corrected chi connectivity index (χ1v) is 6.14. The van der Waals surface area contributed by atoms with Crippen molar-refractivity contribution in [1.82, 2.24) is 10.6 Å². The van der Waals surface area contributed by atoms with E-state index in [1.54, 1.807) is 7.11 Å². The number of ether oxygens (including phenoxy) is 2. The summed E-state index contributed by atoms with van der Waals surface area (Å²) >= 11 is 0. The maximum atomic E-state index is 11.5. The Morgan fingerprint density at radius 1 is 1.47 bits per heavy atom. The Morgan fingerprint density at radius 3 is 2.76 bits per heavy atom. The molecule has 5 heteroatoms. The van der Waals surface area contributed by atoms with E-state index in [-0.39, 0.29) is 12.1 Å². The lowest BCUT2D eigenvalue weighted by Gasteiger charge is -2.29. The topological polar surface area (TPSA) is 59.6 Å². The normalized spacial score (nSPS) is 25.4. The monoisotopic (exact) mass is 244 g/mol. The zero-order valence-electron chi connectivity index (χ0n) is 11.2. The van der Waals surface area contributed by atoms with Crippen molar-refractivity contribution in [2.45, 2.75) is 51.4 Å². The van der Waals surface area contributed by atoms with Crippen LogP contribution in [0.2, 0.25) is 0 Å². The number of nitrogens with one attached hydrogen (secondary N) is 2. The minimum atomic E-state index is -0.445. The lowest BCUT2D eigenvalue weighted by molar-refractivity contribution is 0.0469. The quantitative estimate of drug-likeness (QED) is 0.785. The molecule has 1 fully saturated rings. The van der Waals surface area contributed by atoms with Gasteiger partial charge < -0.3 is 20.1 Å². The van der Waals surface area contributed by atoms with Gasteiger partial charge in [0.05, 0.1) is 6.10 Å². The van der Waals surface area contributed by atoms with Gasteiger partial charge in [-0.1, -0.05) is 0 Å². The molecule has 1 rings (SSSR count). The highest BCUT2D eigenvalue weighted by atomic mass is 16.6. The zero-order valence-corrected chi connectivity index (χ0v) is 11.2. The van der Waals surface area contributed by atoms with Crippen LogP contribution in [0.4, 0.5) is 4.79 Å². The predicted octanol–water partition coefficient (Wildman–Crippen LogP) is 1.28. The second-order valence-corrected chi connectivity index (χ2v) is 5.42. The van der Waals surface area contributed by atoms with Gasteiger partial charge >= 0.3 is 6.09 Å². The number of piperidine rings is 1. The molecule has 2 N–H and O–H groups in total. The number of carbonyl (C=O) groups is 1. The van der Waals surface area contributed by atoms with Gasteiger partial charge in [-0.3, -0.25) is 0 Å². The van der Waals surface area contributed by atoms with E-state index in [0.29, 0.717) is 12.6 Å². The fourth-order valence-electron chi connectivity index (χ4n) is 1.86. The average molecular weight is 244 g/mol. The summed E-state index contributed by atoms with van der Waals surface area (Å²) in [5, 5.41) is 6.13. The molecular formula is C12H24N2O3. The summed E-state index contributed by atoms with van der Waals surface area (Å²) in [5.41, 5.74) is -0.445. The van der Waals surface area contributed by atoms with Gasteiger partial charge in [-0.25, -0.2) is 4.79 Å². The smallest absolute Gasteiger partial charge is 0.407 e. The van der Waals surface area contributed by atoms with Gasteiger partial charge in [0.2, 0.25) is 0 Å². The van der Waals surface area contributed by atoms with Crippen LogP contribution >= 0.6 is 0 Å². The van der Waals surface area contributed by atoms with Gasteiger partial charge in [0, 0.05) is 19.7 Å². The number of hydrogen-bond donors (Lipinski definition) is 2. The van der Waals surface area contributed by atoms with E-state index in [0.717, 1.165) is 19.4 Å². The van der Waals surface area contributed by atoms with Crippen LogP contribution in [0.1, 0.15) is 33.6 Å². The molecule has 2 unspecified atom stereocenters. The van der Waals surface area contributed by atoms with Crippen LogP contribution in [-0.4, -0.2) is 44.0 Å². The van der Waals surface area contributed by atoms with Crippen molar-refractivity contribution in [1.29, 1.82) is 0 Å². The standard InChI is InChI=1S/C12H24N2O3/c1-12(2,3)17-11(15)14-8-9-7-10(16-4)5-6-13-9/h9-10,13H,5-8H2,1-4H3,(H,14,15). The van der Waals surface area contributed by atoms with Crippen molar-refractivity contribution in [2.75, 3.05) is 20.2 Å². The van der Waals surface area contributed by atoms with Gasteiger partial charge in [0.25, 0.3) is 0 Å². The maximum Gasteiger partial charge on any atom is 0.407 e. The van der Waals surface area contributed by atoms with Gasteiger partial charge in [0.1, 0.15) is 5.60 Å². The number of methoxy groups -OCH3 is 1. The second-order valence-electron chi connectivity index (χ2n) is 5.42. The summed E-state index contributed by atoms with van der Waals surface area (Å²) in [5.74, 6) is 0. The summed E-state index contributed by atoms with van der Waals surface area (Å²) < 4.78 is 10.5. The summed E-state index contributed by atoms with van der Waals surface area (Å²) in [7, 11) is 1.73. The fraction of sp³-hybridized carbons (Fsp3) is 0.917. The lowest BCUT2D eigenvalue weighted by Crippen LogP contribution is -2.48. The molecule has 0 aromatic rings. The number of carbonyl (C=O) groups excluding carboxylic acids is 1. The number of rotatable bonds is 3. The highest BCUT2D eigenvalue weighted by Crippen LogP contribution is 2.11. The first kappa shape index (κ1) is 14.3. The highest BCUT2D eigenvalue weighted by molar-refractivity contribution is 5.67. The van der Waals surface area contributed by atoms with Crippen LogP contribution in [0.15, 0.2) is 0 Å². The van der Waals surface area contributed by atoms with Crippen molar-refractivity contribution in [3.63, 3.8) is 0 Å². The van der Waals surface area contributed by atoms with E-state index >= 15 is 0 Å². The Balaban J connectivity index is 2.23. The first-order valence-electron chi connectivity index (χ1n) is 6.14. The first-order chi connectivity index (χ1) is 7.90. The van der Waals surface area contributed by atoms with Crippen molar-refractivity contribution in [2.24, 2.45) is 0 Å². The van der Waals surface area contributed by atoms with Gasteiger partial charge in [0.15, 0.2) is 0 Å². The Hall–Kier alpha value is -0.810. The second kappa shape index (κ2) is 6.21. The van der Waals surface area contributed by atoms with Crippen LogP contribution < -0.4 is 10.6 Å². The SMILES string of the molecule is COC1CCNC(CNC(=O)OC(C)(C)C)C1. The summed E-state index contributed by atoms with van der Waals surface area (Å²) in [6.07, 6.45) is 1.88. The molecule has 0 spiro atoms. The molecule has 1 saturated heterocycles. The third kappa shape index (κ3) is 5.89. The minimum Gasteiger partial charge on any atom is -0.444 e. The van der Waals surface area contributed by atoms with E-state index in [9.17, 15) is 4.79 Å². The highest BCUT2D eigenvalue weighted by Gasteiger charge is 2.22. The Bertz CT molecular complexity index is 251. The van der Waals surface area contributed by atoms with E-state index in [1.165, 1.54) is 0 Å². The number of amides is 1. The number of alkyl carbamates (subject to hydrolysis) is 1. The predicted molar refractivity (Wildman–Crippen MR) is 66.1 cm³/mol. The Kier molecular flexibility index (Phi) is 5.21. The van der Waals surface area contributed by atoms with Crippen LogP contribution in [0.25, 0.3) is 0 Å². The van der Waals surface area contributed by atoms with Gasteiger partial charge in [-0.05, 0) is 40.2 Å². The van der Waals surface area contributed by atoms with Crippen molar-refractivity contribution in [3.8, 4) is 0 Å². The zero-order chi connectivity index (χ0) is 12.9. The van der Waals surface area contributed by atoms with Crippen LogP contribution in [0.5, 0.6) is 0 Å². The van der Waals surface area contributed by atoms with Crippen LogP contribution in [0, 0.1) is 0 Å². The Morgan fingerprint density at radius 2 is 2.18 bits per heavy atom. The van der Waals surface area contributed by atoms with E-state index in [4.69, 9.17) is 9.47 Å². The fourth-order valence-corrected chi connectivity index (χ4v) is 1.86. The van der Waals surface area contributed by atoms with Crippen molar-refractivity contribution in [3.05, 3.63) is 0 Å². The molecular weight excluding hydrogens is 220 g/mol. The third-order valence-corrected chi connectivity index (χ3v) is 2.67. The summed E-state index contributed by atoms with van der Waals surface area (Å²) in [6, 6.07) is 0.265. The molecule has 1 amide bonds. The molecule has 0 saturated carbocycles. The van der Waals surface area contributed by atoms with E-state index < -0.39 is 5.60 Å². The molecule has 0 aromatic carbocycles. The van der Waals surface area contributed by atoms with Crippen molar-refractivity contribution < 1.29 is 14.3 Å². The maximum absolute atomic E-state index is 11.5. The minimum absolute atomic E-state index is 0.265. The molecule has 17 heavy (non-hydrogen) atoms. The molecule has 0 aliphatic carbocycles. The van der Waals surface area contributed by atoms with Crippen LogP contribution in [0.3, 0.4) is 0 Å². The third-order valence-electron chi connectivity index (χ3n) is 2.67. The summed E-state index contributed by atoms with van der Waals surface area (Å²) in [6.45, 7) is 7.07. The molecule has 0 radical (unpaired) electrons. The van der Waals surface area contributed by atoms with E-state index in [1.807, 2.05) is 20.8 Å². The summed E-state index contributed by atoms with van der Waals surface area (Å²) in [4.78, 5) is 11.5. The molecule has 0 aromatic heterocycles. The molecule has 1 heterocycles. The molecule has 1 aliphatic rings. The molecule has 0 bridgehead atoms. The number of hydrogen-bond acceptors (Lipinski definition) is 4. The van der Waals surface area contributed by atoms with E-state index in [2.05, 4.69) is 10.6 Å². The largest absolute Gasteiger partial charge is 0.444 e. The average Bonchev–Trinajstić information content (AvgIpc) is 2.24. The van der Waals surface area contributed by atoms with Crippen molar-refractivity contribution >= 4 is 6.09 Å². The Labute approximate surface area is 103 Å².